The summed E-state index contributed by atoms with van der Waals surface area (Å²) in [6.45, 7) is 10.4. The van der Waals surface area contributed by atoms with E-state index in [9.17, 15) is 14.6 Å². The molecule has 0 aromatic heterocycles. The number of allylic oxidation sites excluding steroid dienone is 2. The first-order valence-electron chi connectivity index (χ1n) is 11.0. The third-order valence-electron chi connectivity index (χ3n) is 6.61. The van der Waals surface area contributed by atoms with Crippen LogP contribution in [0.1, 0.15) is 104 Å². The average Bonchev–Trinajstić information content (AvgIpc) is 2.64. The molecule has 2 N–H and O–H groups in total. The fraction of sp³-hybridized carbons (Fsp3) is 0.692. The highest BCUT2D eigenvalue weighted by molar-refractivity contribution is 5.52. The molecule has 1 aromatic carbocycles. The summed E-state index contributed by atoms with van der Waals surface area (Å²) in [5, 5.41) is 21.7. The Morgan fingerprint density at radius 1 is 1.10 bits per heavy atom. The molecule has 0 amide bonds. The van der Waals surface area contributed by atoms with Crippen LogP contribution in [0.3, 0.4) is 0 Å². The minimum absolute atomic E-state index is 0. The van der Waals surface area contributed by atoms with Crippen molar-refractivity contribution in [3.63, 3.8) is 0 Å². The lowest BCUT2D eigenvalue weighted by atomic mass is 9.71. The Morgan fingerprint density at radius 3 is 2.24 bits per heavy atom. The van der Waals surface area contributed by atoms with E-state index in [0.717, 1.165) is 36.8 Å². The largest absolute Gasteiger partial charge is 0.507 e. The Morgan fingerprint density at radius 2 is 1.72 bits per heavy atom. The second-order valence-corrected chi connectivity index (χ2v) is 9.55. The lowest BCUT2D eigenvalue weighted by Gasteiger charge is -2.34. The minimum Gasteiger partial charge on any atom is -0.507 e. The van der Waals surface area contributed by atoms with E-state index in [-0.39, 0.29) is 30.3 Å². The van der Waals surface area contributed by atoms with E-state index in [1.54, 1.807) is 0 Å². The van der Waals surface area contributed by atoms with Gasteiger partial charge in [0.1, 0.15) is 18.2 Å². The number of benzene rings is 1. The fourth-order valence-electron chi connectivity index (χ4n) is 4.64. The molecule has 0 radical (unpaired) electrons. The van der Waals surface area contributed by atoms with Crippen molar-refractivity contribution in [1.29, 1.82) is 0 Å². The number of rotatable bonds is 9. The molecule has 166 valence electrons. The zero-order chi connectivity index (χ0) is 20.9. The van der Waals surface area contributed by atoms with Gasteiger partial charge in [0.15, 0.2) is 0 Å². The van der Waals surface area contributed by atoms with E-state index in [0.29, 0.717) is 17.4 Å². The molecule has 0 heterocycles. The molecule has 3 heteroatoms. The summed E-state index contributed by atoms with van der Waals surface area (Å²) in [6.07, 6.45) is 9.43. The summed E-state index contributed by atoms with van der Waals surface area (Å²) in [5.74, 6) is 0.837. The molecule has 2 atom stereocenters. The quantitative estimate of drug-likeness (QED) is 0.322. The number of hydrogen-bond acceptors (Lipinski definition) is 2. The van der Waals surface area contributed by atoms with Crippen LogP contribution in [0.5, 0.6) is 11.5 Å². The van der Waals surface area contributed by atoms with E-state index in [4.69, 9.17) is 0 Å². The lowest BCUT2D eigenvalue weighted by molar-refractivity contribution is 0.298. The summed E-state index contributed by atoms with van der Waals surface area (Å²) in [6, 6.07) is 3.65. The van der Waals surface area contributed by atoms with Gasteiger partial charge in [0.05, 0.1) is 0 Å². The van der Waals surface area contributed by atoms with E-state index in [1.165, 1.54) is 19.3 Å². The van der Waals surface area contributed by atoms with Crippen molar-refractivity contribution < 1.29 is 14.6 Å². The van der Waals surface area contributed by atoms with Crippen molar-refractivity contribution in [2.24, 2.45) is 11.8 Å². The number of alkyl halides is 1. The molecule has 29 heavy (non-hydrogen) atoms. The maximum Gasteiger partial charge on any atom is 0.123 e. The monoisotopic (exact) mass is 406 g/mol. The minimum atomic E-state index is -0.453. The van der Waals surface area contributed by atoms with Crippen LogP contribution in [0.25, 0.3) is 0 Å². The number of aromatic hydroxyl groups is 2. The second-order valence-electron chi connectivity index (χ2n) is 9.55. The number of halogens is 1. The van der Waals surface area contributed by atoms with Gasteiger partial charge in [-0.2, -0.15) is 0 Å². The van der Waals surface area contributed by atoms with Gasteiger partial charge in [-0.05, 0) is 59.8 Å². The Hall–Kier alpha value is -1.51. The van der Waals surface area contributed by atoms with Crippen LogP contribution in [-0.2, 0) is 5.41 Å². The van der Waals surface area contributed by atoms with Crippen LogP contribution in [-0.4, -0.2) is 16.9 Å². The van der Waals surface area contributed by atoms with Gasteiger partial charge in [0.25, 0.3) is 0 Å². The molecule has 0 saturated carbocycles. The Bertz CT molecular complexity index is 652. The zero-order valence-electron chi connectivity index (χ0n) is 18.4. The molecule has 2 nitrogen and oxygen atoms in total. The summed E-state index contributed by atoms with van der Waals surface area (Å²) in [7, 11) is 0. The highest BCUT2D eigenvalue weighted by Gasteiger charge is 2.33. The average molecular weight is 407 g/mol. The third-order valence-corrected chi connectivity index (χ3v) is 6.61. The zero-order valence-corrected chi connectivity index (χ0v) is 18.4. The molecule has 0 saturated heterocycles. The van der Waals surface area contributed by atoms with Crippen molar-refractivity contribution in [1.82, 2.24) is 0 Å². The van der Waals surface area contributed by atoms with Crippen molar-refractivity contribution in [3.8, 4) is 11.5 Å². The van der Waals surface area contributed by atoms with Crippen molar-refractivity contribution >= 4 is 0 Å². The van der Waals surface area contributed by atoms with Crippen LogP contribution >= 0.6 is 0 Å². The van der Waals surface area contributed by atoms with Crippen molar-refractivity contribution in [2.75, 3.05) is 6.67 Å². The molecule has 2 rings (SSSR count). The maximum absolute atomic E-state index is 13.3. The van der Waals surface area contributed by atoms with Crippen molar-refractivity contribution in [2.45, 2.75) is 98.3 Å². The van der Waals surface area contributed by atoms with E-state index >= 15 is 0 Å². The summed E-state index contributed by atoms with van der Waals surface area (Å²) >= 11 is 0. The van der Waals surface area contributed by atoms with E-state index in [2.05, 4.69) is 34.6 Å². The topological polar surface area (TPSA) is 40.5 Å². The number of phenolic OH excluding ortho intramolecular Hbond substituents is 2. The molecular weight excluding hydrogens is 363 g/mol. The molecule has 0 bridgehead atoms. The van der Waals surface area contributed by atoms with Crippen LogP contribution in [0.2, 0.25) is 0 Å². The first kappa shape index (κ1) is 25.5. The summed E-state index contributed by atoms with van der Waals surface area (Å²) < 4.78 is 13.3. The highest BCUT2D eigenvalue weighted by atomic mass is 19.1. The van der Waals surface area contributed by atoms with Crippen LogP contribution in [0.15, 0.2) is 23.8 Å². The Balaban J connectivity index is 0.00000420. The maximum atomic E-state index is 13.3. The van der Waals surface area contributed by atoms with Gasteiger partial charge in [-0.3, -0.25) is 0 Å². The highest BCUT2D eigenvalue weighted by Crippen LogP contribution is 2.48. The lowest BCUT2D eigenvalue weighted by Crippen LogP contribution is -2.22. The molecule has 1 aliphatic rings. The fourth-order valence-corrected chi connectivity index (χ4v) is 4.64. The molecule has 0 fully saturated rings. The summed E-state index contributed by atoms with van der Waals surface area (Å²) in [5.41, 5.74) is 2.20. The molecule has 1 aromatic rings. The number of phenols is 2. The molecule has 0 spiro atoms. The van der Waals surface area contributed by atoms with Crippen LogP contribution < -0.4 is 0 Å². The van der Waals surface area contributed by atoms with Gasteiger partial charge in [-0.15, -0.1) is 0 Å². The molecule has 0 aliphatic heterocycles. The predicted octanol–water partition coefficient (Wildman–Crippen LogP) is 8.03. The third kappa shape index (κ3) is 6.23. The molecule has 1 aliphatic carbocycles. The van der Waals surface area contributed by atoms with Gasteiger partial charge in [-0.1, -0.05) is 73.8 Å². The number of hydrogen-bond donors (Lipinski definition) is 2. The molecule has 2 unspecified atom stereocenters. The SMILES string of the molecule is C.CCCCCCC(C)(C)c1cc(O)c(C2C=C(CF)CCC2C(C)C)c(O)c1. The van der Waals surface area contributed by atoms with Crippen molar-refractivity contribution in [3.05, 3.63) is 34.9 Å². The standard InChI is InChI=1S/C25H39FO2.CH4/c1-6-7-8-9-12-25(4,5)19-14-22(27)24(23(28)15-19)21-13-18(16-26)10-11-20(21)17(2)3;/h13-15,17,20-21,27-28H,6-12,16H2,1-5H3;1H4. The van der Waals surface area contributed by atoms with Gasteiger partial charge in [-0.25, -0.2) is 4.39 Å². The Labute approximate surface area is 178 Å². The second kappa shape index (κ2) is 11.0. The normalized spacial score (nSPS) is 19.8. The van der Waals surface area contributed by atoms with Crippen LogP contribution in [0, 0.1) is 11.8 Å². The Kier molecular flexibility index (Phi) is 9.71. The van der Waals surface area contributed by atoms with E-state index < -0.39 is 6.67 Å². The first-order valence-corrected chi connectivity index (χ1v) is 11.0. The molecular formula is C26H43FO2. The summed E-state index contributed by atoms with van der Waals surface area (Å²) in [4.78, 5) is 0. The predicted molar refractivity (Wildman–Crippen MR) is 123 cm³/mol. The van der Waals surface area contributed by atoms with Gasteiger partial charge in [0, 0.05) is 11.5 Å². The smallest absolute Gasteiger partial charge is 0.123 e. The van der Waals surface area contributed by atoms with Gasteiger partial charge < -0.3 is 10.2 Å². The van der Waals surface area contributed by atoms with E-state index in [1.807, 2.05) is 18.2 Å². The number of unbranched alkanes of at least 4 members (excludes halogenated alkanes) is 3. The van der Waals surface area contributed by atoms with Crippen LogP contribution in [0.4, 0.5) is 4.39 Å². The first-order chi connectivity index (χ1) is 13.2. The van der Waals surface area contributed by atoms with Gasteiger partial charge >= 0.3 is 0 Å². The van der Waals surface area contributed by atoms with Gasteiger partial charge in [0.2, 0.25) is 0 Å².